The molecule has 0 spiro atoms. The fourth-order valence-electron chi connectivity index (χ4n) is 1.38. The Morgan fingerprint density at radius 1 is 1.56 bits per heavy atom. The maximum atomic E-state index is 11.1. The summed E-state index contributed by atoms with van der Waals surface area (Å²) in [7, 11) is -2.93. The molecular weight excluding hydrogens is 226 g/mol. The van der Waals surface area contributed by atoms with E-state index in [2.05, 4.69) is 4.98 Å². The van der Waals surface area contributed by atoms with Gasteiger partial charge in [0.25, 0.3) is 0 Å². The number of nitrogens with two attached hydrogens (primary N) is 1. The third-order valence-corrected chi connectivity index (χ3v) is 3.40. The Labute approximate surface area is 96.6 Å². The van der Waals surface area contributed by atoms with Crippen LogP contribution in [0.5, 0.6) is 0 Å². The van der Waals surface area contributed by atoms with Gasteiger partial charge in [-0.3, -0.25) is 0 Å². The Kier molecular flexibility index (Phi) is 4.49. The molecule has 0 radical (unpaired) electrons. The maximum Gasteiger partial charge on any atom is 0.149 e. The standard InChI is InChI=1S/C10H19N3O2S/c1-3-9(11)8-10-12-4-5-13(10)6-7-16(2,14)15/h4-5,9H,3,6-8,11H2,1-2H3. The highest BCUT2D eigenvalue weighted by Gasteiger charge is 2.09. The summed E-state index contributed by atoms with van der Waals surface area (Å²) in [6, 6.07) is 0.0828. The lowest BCUT2D eigenvalue weighted by Gasteiger charge is -2.10. The van der Waals surface area contributed by atoms with E-state index in [0.29, 0.717) is 13.0 Å². The lowest BCUT2D eigenvalue weighted by atomic mass is 10.1. The Hall–Kier alpha value is -0.880. The van der Waals surface area contributed by atoms with Gasteiger partial charge in [0.15, 0.2) is 0 Å². The van der Waals surface area contributed by atoms with Crippen LogP contribution in [0.2, 0.25) is 0 Å². The van der Waals surface area contributed by atoms with Crippen LogP contribution in [-0.2, 0) is 22.8 Å². The monoisotopic (exact) mass is 245 g/mol. The van der Waals surface area contributed by atoms with Gasteiger partial charge in [0, 0.05) is 37.7 Å². The molecule has 0 fully saturated rings. The zero-order chi connectivity index (χ0) is 12.2. The molecule has 0 amide bonds. The van der Waals surface area contributed by atoms with E-state index in [-0.39, 0.29) is 11.8 Å². The molecule has 1 rings (SSSR count). The number of aromatic nitrogens is 2. The molecule has 92 valence electrons. The largest absolute Gasteiger partial charge is 0.334 e. The molecule has 1 atom stereocenters. The predicted octanol–water partition coefficient (Wildman–Crippen LogP) is 0.207. The van der Waals surface area contributed by atoms with Crippen LogP contribution in [0.1, 0.15) is 19.2 Å². The van der Waals surface area contributed by atoms with Gasteiger partial charge in [-0.25, -0.2) is 13.4 Å². The Bertz CT molecular complexity index is 425. The molecular formula is C10H19N3O2S. The van der Waals surface area contributed by atoms with Crippen LogP contribution < -0.4 is 5.73 Å². The van der Waals surface area contributed by atoms with E-state index in [4.69, 9.17) is 5.73 Å². The predicted molar refractivity (Wildman–Crippen MR) is 63.9 cm³/mol. The molecule has 6 heteroatoms. The van der Waals surface area contributed by atoms with Crippen LogP contribution in [0.15, 0.2) is 12.4 Å². The van der Waals surface area contributed by atoms with Gasteiger partial charge in [-0.2, -0.15) is 0 Å². The smallest absolute Gasteiger partial charge is 0.149 e. The van der Waals surface area contributed by atoms with Crippen LogP contribution in [0.3, 0.4) is 0 Å². The molecule has 0 aromatic carbocycles. The average Bonchev–Trinajstić information content (AvgIpc) is 2.61. The van der Waals surface area contributed by atoms with E-state index in [9.17, 15) is 8.42 Å². The first-order chi connectivity index (χ1) is 7.42. The molecule has 0 saturated carbocycles. The highest BCUT2D eigenvalue weighted by Crippen LogP contribution is 2.03. The van der Waals surface area contributed by atoms with Crippen molar-refractivity contribution in [2.75, 3.05) is 12.0 Å². The molecule has 2 N–H and O–H groups in total. The minimum absolute atomic E-state index is 0.0828. The van der Waals surface area contributed by atoms with Gasteiger partial charge in [0.05, 0.1) is 5.75 Å². The Morgan fingerprint density at radius 3 is 2.81 bits per heavy atom. The first-order valence-corrected chi connectivity index (χ1v) is 7.41. The van der Waals surface area contributed by atoms with Crippen molar-refractivity contribution in [1.82, 2.24) is 9.55 Å². The van der Waals surface area contributed by atoms with Crippen LogP contribution in [0.25, 0.3) is 0 Å². The van der Waals surface area contributed by atoms with Crippen LogP contribution in [-0.4, -0.2) is 36.0 Å². The van der Waals surface area contributed by atoms with Crippen molar-refractivity contribution in [3.05, 3.63) is 18.2 Å². The van der Waals surface area contributed by atoms with Gasteiger partial charge in [-0.15, -0.1) is 0 Å². The van der Waals surface area contributed by atoms with E-state index in [1.807, 2.05) is 11.5 Å². The molecule has 0 aliphatic rings. The van der Waals surface area contributed by atoms with E-state index in [1.165, 1.54) is 6.26 Å². The zero-order valence-electron chi connectivity index (χ0n) is 9.76. The number of nitrogens with zero attached hydrogens (tertiary/aromatic N) is 2. The number of imidazole rings is 1. The summed E-state index contributed by atoms with van der Waals surface area (Å²) in [5.74, 6) is 0.996. The van der Waals surface area contributed by atoms with Gasteiger partial charge in [0.2, 0.25) is 0 Å². The van der Waals surface area contributed by atoms with Crippen LogP contribution in [0, 0.1) is 0 Å². The molecule has 0 bridgehead atoms. The lowest BCUT2D eigenvalue weighted by Crippen LogP contribution is -2.24. The first-order valence-electron chi connectivity index (χ1n) is 5.35. The molecule has 5 nitrogen and oxygen atoms in total. The summed E-state index contributed by atoms with van der Waals surface area (Å²) in [5, 5.41) is 0. The molecule has 0 saturated heterocycles. The van der Waals surface area contributed by atoms with Crippen molar-refractivity contribution in [2.24, 2.45) is 5.73 Å². The van der Waals surface area contributed by atoms with E-state index >= 15 is 0 Å². The zero-order valence-corrected chi connectivity index (χ0v) is 10.6. The molecule has 1 heterocycles. The summed E-state index contributed by atoms with van der Waals surface area (Å²) >= 11 is 0. The van der Waals surface area contributed by atoms with Crippen LogP contribution >= 0.6 is 0 Å². The lowest BCUT2D eigenvalue weighted by molar-refractivity contribution is 0.577. The third-order valence-electron chi connectivity index (χ3n) is 2.47. The minimum Gasteiger partial charge on any atom is -0.334 e. The van der Waals surface area contributed by atoms with Gasteiger partial charge < -0.3 is 10.3 Å². The summed E-state index contributed by atoms with van der Waals surface area (Å²) in [4.78, 5) is 4.19. The third kappa shape index (κ3) is 4.32. The number of sulfone groups is 1. The number of aryl methyl sites for hydroxylation is 1. The van der Waals surface area contributed by atoms with Gasteiger partial charge in [-0.1, -0.05) is 6.92 Å². The van der Waals surface area contributed by atoms with Crippen molar-refractivity contribution in [3.8, 4) is 0 Å². The van der Waals surface area contributed by atoms with Crippen molar-refractivity contribution in [2.45, 2.75) is 32.4 Å². The van der Waals surface area contributed by atoms with E-state index in [1.54, 1.807) is 12.4 Å². The molecule has 16 heavy (non-hydrogen) atoms. The molecule has 0 aliphatic carbocycles. The van der Waals surface area contributed by atoms with Crippen molar-refractivity contribution in [3.63, 3.8) is 0 Å². The number of rotatable bonds is 6. The average molecular weight is 245 g/mol. The summed E-state index contributed by atoms with van der Waals surface area (Å²) in [6.07, 6.45) is 6.29. The number of hydrogen-bond donors (Lipinski definition) is 1. The Morgan fingerprint density at radius 2 is 2.25 bits per heavy atom. The minimum atomic E-state index is -2.93. The molecule has 1 aromatic heterocycles. The van der Waals surface area contributed by atoms with E-state index < -0.39 is 9.84 Å². The maximum absolute atomic E-state index is 11.1. The molecule has 1 unspecified atom stereocenters. The number of hydrogen-bond acceptors (Lipinski definition) is 4. The first kappa shape index (κ1) is 13.2. The summed E-state index contributed by atoms with van der Waals surface area (Å²) in [6.45, 7) is 2.47. The van der Waals surface area contributed by atoms with Gasteiger partial charge >= 0.3 is 0 Å². The molecule has 1 aromatic rings. The fourth-order valence-corrected chi connectivity index (χ4v) is 1.90. The van der Waals surface area contributed by atoms with Crippen LogP contribution in [0.4, 0.5) is 0 Å². The quantitative estimate of drug-likeness (QED) is 0.777. The highest BCUT2D eigenvalue weighted by atomic mass is 32.2. The Balaban J connectivity index is 2.64. The van der Waals surface area contributed by atoms with Crippen molar-refractivity contribution < 1.29 is 8.42 Å². The van der Waals surface area contributed by atoms with Crippen molar-refractivity contribution >= 4 is 9.84 Å². The van der Waals surface area contributed by atoms with Gasteiger partial charge in [-0.05, 0) is 6.42 Å². The summed E-state index contributed by atoms with van der Waals surface area (Å²) in [5.41, 5.74) is 5.84. The SMILES string of the molecule is CCC(N)Cc1nccn1CCS(C)(=O)=O. The normalized spacial score (nSPS) is 13.9. The highest BCUT2D eigenvalue weighted by molar-refractivity contribution is 7.90. The topological polar surface area (TPSA) is 78.0 Å². The second-order valence-electron chi connectivity index (χ2n) is 4.04. The fraction of sp³-hybridized carbons (Fsp3) is 0.700. The van der Waals surface area contributed by atoms with Crippen molar-refractivity contribution in [1.29, 1.82) is 0 Å². The molecule has 0 aliphatic heterocycles. The van der Waals surface area contributed by atoms with Gasteiger partial charge in [0.1, 0.15) is 15.7 Å². The summed E-state index contributed by atoms with van der Waals surface area (Å²) < 4.78 is 24.0. The second-order valence-corrected chi connectivity index (χ2v) is 6.30. The van der Waals surface area contributed by atoms with E-state index in [0.717, 1.165) is 12.2 Å². The second kappa shape index (κ2) is 5.45.